The lowest BCUT2D eigenvalue weighted by Gasteiger charge is -2.33. The number of nitrogens with zero attached hydrogens (tertiary/aromatic N) is 4. The van der Waals surface area contributed by atoms with Crippen molar-refractivity contribution in [1.29, 1.82) is 0 Å². The molecule has 1 aromatic carbocycles. The number of nitrogens with one attached hydrogen (secondary N) is 1. The Balaban J connectivity index is 1.45. The molecule has 3 aromatic rings. The van der Waals surface area contributed by atoms with E-state index in [4.69, 9.17) is 0 Å². The fourth-order valence-corrected chi connectivity index (χ4v) is 6.08. The Bertz CT molecular complexity index is 1190. The number of para-hydroxylation sites is 1. The smallest absolute Gasteiger partial charge is 0.305 e. The van der Waals surface area contributed by atoms with Gasteiger partial charge in [-0.1, -0.05) is 29.5 Å². The summed E-state index contributed by atoms with van der Waals surface area (Å²) in [7, 11) is -3.75. The predicted molar refractivity (Wildman–Crippen MR) is 108 cm³/mol. The number of sulfonamides is 1. The van der Waals surface area contributed by atoms with Crippen LogP contribution in [0.15, 0.2) is 51.7 Å². The Morgan fingerprint density at radius 3 is 2.45 bits per heavy atom. The maximum atomic E-state index is 12.8. The third kappa shape index (κ3) is 3.76. The number of piperazine rings is 1. The van der Waals surface area contributed by atoms with Crippen LogP contribution in [0.5, 0.6) is 0 Å². The average Bonchev–Trinajstić information content (AvgIpc) is 3.35. The van der Waals surface area contributed by atoms with Crippen molar-refractivity contribution >= 4 is 27.3 Å². The van der Waals surface area contributed by atoms with Crippen LogP contribution < -0.4 is 4.87 Å². The predicted octanol–water partition coefficient (Wildman–Crippen LogP) is 1.08. The van der Waals surface area contributed by atoms with Gasteiger partial charge in [0.05, 0.1) is 17.4 Å². The second kappa shape index (κ2) is 7.58. The van der Waals surface area contributed by atoms with Crippen molar-refractivity contribution in [3.63, 3.8) is 0 Å². The van der Waals surface area contributed by atoms with E-state index in [2.05, 4.69) is 10.1 Å². The summed E-state index contributed by atoms with van der Waals surface area (Å²) in [4.78, 5) is 28.0. The lowest BCUT2D eigenvalue weighted by atomic mass is 10.2. The molecule has 1 saturated heterocycles. The highest BCUT2D eigenvalue weighted by atomic mass is 32.2. The number of thiazole rings is 1. The van der Waals surface area contributed by atoms with Crippen LogP contribution in [0.1, 0.15) is 16.1 Å². The minimum Gasteiger partial charge on any atom is -0.336 e. The number of aromatic nitrogens is 3. The Hall–Kier alpha value is -2.76. The van der Waals surface area contributed by atoms with E-state index in [-0.39, 0.29) is 36.3 Å². The molecule has 0 spiro atoms. The van der Waals surface area contributed by atoms with Gasteiger partial charge in [0.2, 0.25) is 0 Å². The molecule has 0 aliphatic carbocycles. The summed E-state index contributed by atoms with van der Waals surface area (Å²) in [5, 5.41) is 4.24. The zero-order valence-corrected chi connectivity index (χ0v) is 17.2. The lowest BCUT2D eigenvalue weighted by molar-refractivity contribution is 0.0698. The van der Waals surface area contributed by atoms with Crippen molar-refractivity contribution in [3.8, 4) is 5.69 Å². The quantitative estimate of drug-likeness (QED) is 0.662. The van der Waals surface area contributed by atoms with E-state index in [1.54, 1.807) is 22.7 Å². The number of carbonyl (C=O) groups is 1. The van der Waals surface area contributed by atoms with Gasteiger partial charge in [-0.05, 0) is 19.1 Å². The molecule has 11 heteroatoms. The topological polar surface area (TPSA) is 108 Å². The molecule has 0 atom stereocenters. The van der Waals surface area contributed by atoms with Crippen molar-refractivity contribution in [3.05, 3.63) is 63.7 Å². The van der Waals surface area contributed by atoms with Crippen LogP contribution in [0.4, 0.5) is 0 Å². The molecule has 9 nitrogen and oxygen atoms in total. The van der Waals surface area contributed by atoms with Gasteiger partial charge >= 0.3 is 4.87 Å². The van der Waals surface area contributed by atoms with Crippen LogP contribution in [0.3, 0.4) is 0 Å². The van der Waals surface area contributed by atoms with Gasteiger partial charge in [-0.25, -0.2) is 13.1 Å². The first-order chi connectivity index (χ1) is 13.9. The Morgan fingerprint density at radius 1 is 1.14 bits per heavy atom. The Morgan fingerprint density at radius 2 is 1.83 bits per heavy atom. The average molecular weight is 434 g/mol. The van der Waals surface area contributed by atoms with E-state index in [1.807, 2.05) is 30.3 Å². The monoisotopic (exact) mass is 433 g/mol. The largest absolute Gasteiger partial charge is 0.336 e. The highest BCUT2D eigenvalue weighted by Crippen LogP contribution is 2.22. The van der Waals surface area contributed by atoms with Crippen LogP contribution >= 0.6 is 11.3 Å². The van der Waals surface area contributed by atoms with Crippen LogP contribution in [-0.4, -0.2) is 64.5 Å². The van der Waals surface area contributed by atoms with E-state index >= 15 is 0 Å². The Labute approximate surface area is 171 Å². The number of rotatable bonds is 4. The van der Waals surface area contributed by atoms with E-state index < -0.39 is 14.9 Å². The molecule has 2 aromatic heterocycles. The zero-order chi connectivity index (χ0) is 20.6. The zero-order valence-electron chi connectivity index (χ0n) is 15.6. The first-order valence-electron chi connectivity index (χ1n) is 8.95. The van der Waals surface area contributed by atoms with E-state index in [1.165, 1.54) is 10.5 Å². The van der Waals surface area contributed by atoms with Gasteiger partial charge in [-0.15, -0.1) is 0 Å². The number of carbonyl (C=O) groups excluding carboxylic acids is 1. The number of aromatic amines is 1. The van der Waals surface area contributed by atoms with Crippen molar-refractivity contribution in [2.24, 2.45) is 0 Å². The van der Waals surface area contributed by atoms with E-state index in [0.717, 1.165) is 5.69 Å². The maximum absolute atomic E-state index is 12.8. The first kappa shape index (κ1) is 19.6. The molecule has 3 heterocycles. The summed E-state index contributed by atoms with van der Waals surface area (Å²) in [5.74, 6) is -0.188. The van der Waals surface area contributed by atoms with Gasteiger partial charge in [0.15, 0.2) is 4.21 Å². The molecule has 4 rings (SSSR count). The minimum atomic E-state index is -3.75. The summed E-state index contributed by atoms with van der Waals surface area (Å²) in [6, 6.07) is 9.46. The van der Waals surface area contributed by atoms with Gasteiger partial charge in [0, 0.05) is 38.1 Å². The molecule has 0 radical (unpaired) electrons. The van der Waals surface area contributed by atoms with Gasteiger partial charge in [-0.2, -0.15) is 9.40 Å². The third-order valence-corrected chi connectivity index (χ3v) is 8.21. The van der Waals surface area contributed by atoms with Crippen molar-refractivity contribution < 1.29 is 13.2 Å². The molecular formula is C18H19N5O4S2. The number of amides is 1. The summed E-state index contributed by atoms with van der Waals surface area (Å²) in [5.41, 5.74) is 1.64. The molecule has 1 aliphatic rings. The maximum Gasteiger partial charge on any atom is 0.305 e. The number of H-pyrrole nitrogens is 1. The molecule has 0 saturated carbocycles. The first-order valence-corrected chi connectivity index (χ1v) is 11.2. The van der Waals surface area contributed by atoms with Crippen LogP contribution in [-0.2, 0) is 10.0 Å². The summed E-state index contributed by atoms with van der Waals surface area (Å²) < 4.78 is 28.6. The standard InChI is InChI=1S/C18H19N5O4S2/c1-13-17(28-18(25)20-13)29(26,27)22-9-7-21(8-10-22)16(24)14-11-19-23(12-14)15-5-3-2-4-6-15/h2-6,11-12H,7-10H2,1H3,(H,20,25). The number of hydrogen-bond acceptors (Lipinski definition) is 6. The number of aryl methyl sites for hydroxylation is 1. The highest BCUT2D eigenvalue weighted by molar-refractivity contribution is 7.91. The fraction of sp³-hybridized carbons (Fsp3) is 0.278. The molecule has 1 fully saturated rings. The van der Waals surface area contributed by atoms with E-state index in [9.17, 15) is 18.0 Å². The number of benzene rings is 1. The normalized spacial score (nSPS) is 15.6. The van der Waals surface area contributed by atoms with Gasteiger partial charge < -0.3 is 9.88 Å². The van der Waals surface area contributed by atoms with Gasteiger partial charge in [-0.3, -0.25) is 9.59 Å². The van der Waals surface area contributed by atoms with Gasteiger partial charge in [0.25, 0.3) is 15.9 Å². The van der Waals surface area contributed by atoms with Gasteiger partial charge in [0.1, 0.15) is 0 Å². The van der Waals surface area contributed by atoms with E-state index in [0.29, 0.717) is 22.6 Å². The molecule has 29 heavy (non-hydrogen) atoms. The second-order valence-electron chi connectivity index (χ2n) is 6.63. The number of hydrogen-bond donors (Lipinski definition) is 1. The molecule has 1 amide bonds. The van der Waals surface area contributed by atoms with Crippen LogP contribution in [0, 0.1) is 6.92 Å². The summed E-state index contributed by atoms with van der Waals surface area (Å²) in [6.45, 7) is 2.45. The SMILES string of the molecule is Cc1[nH]c(=O)sc1S(=O)(=O)N1CCN(C(=O)c2cnn(-c3ccccc3)c2)CC1. The van der Waals surface area contributed by atoms with Crippen molar-refractivity contribution in [2.45, 2.75) is 11.1 Å². The van der Waals surface area contributed by atoms with Crippen LogP contribution in [0.25, 0.3) is 5.69 Å². The third-order valence-electron chi connectivity index (χ3n) is 4.73. The highest BCUT2D eigenvalue weighted by Gasteiger charge is 2.33. The molecule has 1 N–H and O–H groups in total. The molecular weight excluding hydrogens is 414 g/mol. The van der Waals surface area contributed by atoms with Crippen molar-refractivity contribution in [2.75, 3.05) is 26.2 Å². The fourth-order valence-electron chi connectivity index (χ4n) is 3.22. The summed E-state index contributed by atoms with van der Waals surface area (Å²) >= 11 is 0.687. The summed E-state index contributed by atoms with van der Waals surface area (Å²) in [6.07, 6.45) is 3.18. The van der Waals surface area contributed by atoms with Crippen LogP contribution in [0.2, 0.25) is 0 Å². The second-order valence-corrected chi connectivity index (χ2v) is 9.75. The molecule has 0 unspecified atom stereocenters. The molecule has 1 aliphatic heterocycles. The Kier molecular flexibility index (Phi) is 5.11. The molecule has 152 valence electrons. The lowest BCUT2D eigenvalue weighted by Crippen LogP contribution is -2.50. The van der Waals surface area contributed by atoms with Crippen molar-refractivity contribution in [1.82, 2.24) is 24.0 Å². The minimum absolute atomic E-state index is 0.0337. The molecule has 0 bridgehead atoms.